The van der Waals surface area contributed by atoms with Gasteiger partial charge in [-0.2, -0.15) is 0 Å². The first-order chi connectivity index (χ1) is 10.6. The molecular weight excluding hydrogens is 282 g/mol. The fourth-order valence-corrected chi connectivity index (χ4v) is 2.21. The fourth-order valence-electron chi connectivity index (χ4n) is 2.21. The van der Waals surface area contributed by atoms with Crippen molar-refractivity contribution in [1.82, 2.24) is 0 Å². The van der Waals surface area contributed by atoms with Crippen molar-refractivity contribution in [1.29, 1.82) is 0 Å². The highest BCUT2D eigenvalue weighted by molar-refractivity contribution is 5.99. The number of rotatable bonds is 7. The van der Waals surface area contributed by atoms with Gasteiger partial charge in [-0.25, -0.2) is 4.99 Å². The minimum atomic E-state index is -0.612. The number of hydrogen-bond donors (Lipinski definition) is 1. The van der Waals surface area contributed by atoms with Crippen LogP contribution in [0.4, 0.5) is 0 Å². The second-order valence-corrected chi connectivity index (χ2v) is 5.39. The summed E-state index contributed by atoms with van der Waals surface area (Å²) in [5, 5.41) is 8.89. The zero-order chi connectivity index (χ0) is 16.1. The van der Waals surface area contributed by atoms with Crippen molar-refractivity contribution in [3.63, 3.8) is 0 Å². The monoisotopic (exact) mass is 303 g/mol. The molecule has 0 bridgehead atoms. The quantitative estimate of drug-likeness (QED) is 0.783. The number of ketones is 1. The Kier molecular flexibility index (Phi) is 5.33. The Hall–Kier alpha value is -2.14. The number of aliphatic hydroxyl groups is 1. The van der Waals surface area contributed by atoms with Gasteiger partial charge >= 0.3 is 0 Å². The van der Waals surface area contributed by atoms with Crippen LogP contribution in [0.3, 0.4) is 0 Å². The molecule has 118 valence electrons. The minimum Gasteiger partial charge on any atom is -0.489 e. The van der Waals surface area contributed by atoms with Crippen LogP contribution in [-0.4, -0.2) is 42.7 Å². The van der Waals surface area contributed by atoms with Crippen molar-refractivity contribution in [2.75, 3.05) is 19.8 Å². The standard InChI is InChI=1S/C17H21NO4/c1-4-7-21-16-6-5-12(8-13(16)11(2)3)17-18-14(10-22-17)15(20)9-19/h4-6,8,11,14,19H,1,7,9-10H2,2-3H3. The molecule has 1 aliphatic rings. The summed E-state index contributed by atoms with van der Waals surface area (Å²) >= 11 is 0. The zero-order valence-corrected chi connectivity index (χ0v) is 12.9. The molecule has 0 saturated carbocycles. The molecule has 0 spiro atoms. The third kappa shape index (κ3) is 3.54. The SMILES string of the molecule is C=CCOc1ccc(C2=NC(C(=O)CO)CO2)cc1C(C)C. The van der Waals surface area contributed by atoms with Crippen molar-refractivity contribution in [3.8, 4) is 5.75 Å². The maximum absolute atomic E-state index is 11.5. The van der Waals surface area contributed by atoms with E-state index in [9.17, 15) is 4.79 Å². The molecule has 0 aromatic heterocycles. The van der Waals surface area contributed by atoms with E-state index >= 15 is 0 Å². The van der Waals surface area contributed by atoms with Gasteiger partial charge in [0.05, 0.1) is 0 Å². The van der Waals surface area contributed by atoms with Crippen molar-refractivity contribution < 1.29 is 19.4 Å². The van der Waals surface area contributed by atoms with E-state index in [1.165, 1.54) is 0 Å². The smallest absolute Gasteiger partial charge is 0.217 e. The highest BCUT2D eigenvalue weighted by Crippen LogP contribution is 2.28. The molecule has 1 N–H and O–H groups in total. The van der Waals surface area contributed by atoms with Gasteiger partial charge in [-0.15, -0.1) is 0 Å². The Morgan fingerprint density at radius 3 is 3.00 bits per heavy atom. The molecule has 1 aromatic carbocycles. The van der Waals surface area contributed by atoms with Gasteiger partial charge in [0.25, 0.3) is 0 Å². The summed E-state index contributed by atoms with van der Waals surface area (Å²) in [6, 6.07) is 5.09. The van der Waals surface area contributed by atoms with E-state index in [4.69, 9.17) is 14.6 Å². The van der Waals surface area contributed by atoms with Gasteiger partial charge in [0.2, 0.25) is 5.90 Å². The van der Waals surface area contributed by atoms with E-state index in [2.05, 4.69) is 25.4 Å². The number of hydrogen-bond acceptors (Lipinski definition) is 5. The van der Waals surface area contributed by atoms with Gasteiger partial charge in [-0.3, -0.25) is 4.79 Å². The summed E-state index contributed by atoms with van der Waals surface area (Å²) in [5.74, 6) is 1.19. The van der Waals surface area contributed by atoms with Crippen molar-refractivity contribution in [2.24, 2.45) is 4.99 Å². The molecule has 0 saturated heterocycles. The second kappa shape index (κ2) is 7.22. The first-order valence-corrected chi connectivity index (χ1v) is 7.29. The van der Waals surface area contributed by atoms with Gasteiger partial charge in [-0.05, 0) is 29.7 Å². The average molecular weight is 303 g/mol. The Morgan fingerprint density at radius 2 is 2.36 bits per heavy atom. The fraction of sp³-hybridized carbons (Fsp3) is 0.412. The van der Waals surface area contributed by atoms with E-state index in [1.54, 1.807) is 6.08 Å². The van der Waals surface area contributed by atoms with Crippen molar-refractivity contribution in [3.05, 3.63) is 42.0 Å². The molecule has 5 heteroatoms. The lowest BCUT2D eigenvalue weighted by Gasteiger charge is -2.14. The Balaban J connectivity index is 2.27. The Morgan fingerprint density at radius 1 is 1.59 bits per heavy atom. The lowest BCUT2D eigenvalue weighted by Crippen LogP contribution is -2.22. The molecule has 1 aliphatic heterocycles. The molecule has 0 radical (unpaired) electrons. The normalized spacial score (nSPS) is 17.1. The summed E-state index contributed by atoms with van der Waals surface area (Å²) < 4.78 is 11.1. The molecule has 0 aliphatic carbocycles. The third-order valence-electron chi connectivity index (χ3n) is 3.41. The van der Waals surface area contributed by atoms with Crippen LogP contribution in [0.25, 0.3) is 0 Å². The molecule has 5 nitrogen and oxygen atoms in total. The molecule has 2 rings (SSSR count). The highest BCUT2D eigenvalue weighted by Gasteiger charge is 2.26. The summed E-state index contributed by atoms with van der Waals surface area (Å²) in [6.07, 6.45) is 1.70. The zero-order valence-electron chi connectivity index (χ0n) is 12.9. The van der Waals surface area contributed by atoms with Crippen molar-refractivity contribution >= 4 is 11.7 Å². The molecule has 0 amide bonds. The Labute approximate surface area is 130 Å². The van der Waals surface area contributed by atoms with Gasteiger partial charge < -0.3 is 14.6 Å². The molecule has 0 fully saturated rings. The maximum atomic E-state index is 11.5. The minimum absolute atomic E-state index is 0.181. The number of nitrogens with zero attached hydrogens (tertiary/aromatic N) is 1. The van der Waals surface area contributed by atoms with E-state index in [0.717, 1.165) is 16.9 Å². The lowest BCUT2D eigenvalue weighted by atomic mass is 9.99. The van der Waals surface area contributed by atoms with E-state index < -0.39 is 12.6 Å². The molecule has 22 heavy (non-hydrogen) atoms. The van der Waals surface area contributed by atoms with Gasteiger partial charge in [-0.1, -0.05) is 26.5 Å². The number of aliphatic hydroxyl groups excluding tert-OH is 1. The summed E-state index contributed by atoms with van der Waals surface area (Å²) in [6.45, 7) is 7.92. The van der Waals surface area contributed by atoms with Crippen LogP contribution < -0.4 is 4.74 Å². The van der Waals surface area contributed by atoms with Crippen LogP contribution in [0, 0.1) is 0 Å². The number of carbonyl (C=O) groups excluding carboxylic acids is 1. The van der Waals surface area contributed by atoms with Crippen molar-refractivity contribution in [2.45, 2.75) is 25.8 Å². The maximum Gasteiger partial charge on any atom is 0.217 e. The Bertz CT molecular complexity index is 592. The molecule has 1 aromatic rings. The van der Waals surface area contributed by atoms with Crippen LogP contribution >= 0.6 is 0 Å². The van der Waals surface area contributed by atoms with Crippen LogP contribution in [-0.2, 0) is 9.53 Å². The topological polar surface area (TPSA) is 68.1 Å². The van der Waals surface area contributed by atoms with Crippen LogP contribution in [0.5, 0.6) is 5.75 Å². The molecule has 1 unspecified atom stereocenters. The lowest BCUT2D eigenvalue weighted by molar-refractivity contribution is -0.123. The number of carbonyl (C=O) groups is 1. The van der Waals surface area contributed by atoms with Gasteiger partial charge in [0.15, 0.2) is 5.78 Å². The summed E-state index contributed by atoms with van der Waals surface area (Å²) in [7, 11) is 0. The number of aliphatic imine (C=N–C) groups is 1. The molecular formula is C17H21NO4. The van der Waals surface area contributed by atoms with Gasteiger partial charge in [0, 0.05) is 5.56 Å². The highest BCUT2D eigenvalue weighted by atomic mass is 16.5. The van der Waals surface area contributed by atoms with E-state index in [0.29, 0.717) is 12.5 Å². The predicted molar refractivity (Wildman–Crippen MR) is 84.6 cm³/mol. The number of ether oxygens (including phenoxy) is 2. The van der Waals surface area contributed by atoms with Crippen LogP contribution in [0.15, 0.2) is 35.8 Å². The first-order valence-electron chi connectivity index (χ1n) is 7.29. The number of benzene rings is 1. The van der Waals surface area contributed by atoms with Gasteiger partial charge in [0.1, 0.15) is 31.6 Å². The third-order valence-corrected chi connectivity index (χ3v) is 3.41. The molecule has 1 atom stereocenters. The first kappa shape index (κ1) is 16.2. The largest absolute Gasteiger partial charge is 0.489 e. The average Bonchev–Trinajstić information content (AvgIpc) is 3.01. The second-order valence-electron chi connectivity index (χ2n) is 5.39. The van der Waals surface area contributed by atoms with E-state index in [-0.39, 0.29) is 18.3 Å². The van der Waals surface area contributed by atoms with Crippen LogP contribution in [0.2, 0.25) is 0 Å². The summed E-state index contributed by atoms with van der Waals surface area (Å²) in [4.78, 5) is 15.7. The van der Waals surface area contributed by atoms with E-state index in [1.807, 2.05) is 18.2 Å². The molecule has 1 heterocycles. The summed E-state index contributed by atoms with van der Waals surface area (Å²) in [5.41, 5.74) is 1.85. The number of Topliss-reactive ketones (excluding diaryl/α,β-unsaturated/α-hetero) is 1. The predicted octanol–water partition coefficient (Wildman–Crippen LogP) is 2.08. The van der Waals surface area contributed by atoms with Crippen LogP contribution in [0.1, 0.15) is 30.9 Å².